The van der Waals surface area contributed by atoms with Gasteiger partial charge in [-0.05, 0) is 24.3 Å². The van der Waals surface area contributed by atoms with Crippen molar-refractivity contribution in [2.24, 2.45) is 0 Å². The summed E-state index contributed by atoms with van der Waals surface area (Å²) in [6.45, 7) is 0. The zero-order valence-corrected chi connectivity index (χ0v) is 12.2. The van der Waals surface area contributed by atoms with Crippen LogP contribution < -0.4 is 5.32 Å². The quantitative estimate of drug-likeness (QED) is 0.932. The molecule has 1 N–H and O–H groups in total. The average molecular weight is 310 g/mol. The molecule has 2 atom stereocenters. The van der Waals surface area contributed by atoms with Gasteiger partial charge in [-0.3, -0.25) is 0 Å². The second kappa shape index (κ2) is 5.23. The van der Waals surface area contributed by atoms with Crippen molar-refractivity contribution in [2.75, 3.05) is 23.9 Å². The van der Waals surface area contributed by atoms with Crippen molar-refractivity contribution in [3.05, 3.63) is 36.1 Å². The minimum Gasteiger partial charge on any atom is -0.378 e. The number of anilines is 1. The third kappa shape index (κ3) is 2.98. The van der Waals surface area contributed by atoms with Crippen LogP contribution in [0.5, 0.6) is 0 Å². The van der Waals surface area contributed by atoms with Gasteiger partial charge in [0.15, 0.2) is 9.84 Å². The van der Waals surface area contributed by atoms with Gasteiger partial charge in [-0.2, -0.15) is 0 Å². The number of fused-ring (bicyclic) bond motifs is 1. The second-order valence-corrected chi connectivity index (χ2v) is 7.29. The summed E-state index contributed by atoms with van der Waals surface area (Å²) in [6.07, 6.45) is -0.403. The highest BCUT2D eigenvalue weighted by molar-refractivity contribution is 7.91. The van der Waals surface area contributed by atoms with Gasteiger partial charge in [0.05, 0.1) is 29.2 Å². The molecule has 0 saturated carbocycles. The van der Waals surface area contributed by atoms with Crippen LogP contribution in [0.4, 0.5) is 10.2 Å². The summed E-state index contributed by atoms with van der Waals surface area (Å²) in [5, 5.41) is 3.89. The molecule has 1 aliphatic rings. The van der Waals surface area contributed by atoms with E-state index in [1.807, 2.05) is 6.07 Å². The van der Waals surface area contributed by atoms with Gasteiger partial charge in [0.2, 0.25) is 0 Å². The molecule has 1 aromatic carbocycles. The third-order valence-corrected chi connectivity index (χ3v) is 5.29. The van der Waals surface area contributed by atoms with Gasteiger partial charge >= 0.3 is 0 Å². The Balaban J connectivity index is 1.87. The Kier molecular flexibility index (Phi) is 3.54. The number of pyridine rings is 1. The standard InChI is InChI=1S/C14H15FN2O3S/c1-20-13-8-21(18,19)7-12(13)17-14-5-3-9-2-4-10(15)6-11(9)16-14/h2-6,12-13H,7-8H2,1H3,(H,16,17). The first kappa shape index (κ1) is 14.2. The fraction of sp³-hybridized carbons (Fsp3) is 0.357. The molecule has 1 aliphatic heterocycles. The Morgan fingerprint density at radius 2 is 2.05 bits per heavy atom. The normalized spacial score (nSPS) is 24.3. The number of hydrogen-bond acceptors (Lipinski definition) is 5. The zero-order valence-electron chi connectivity index (χ0n) is 11.4. The molecule has 5 nitrogen and oxygen atoms in total. The molecule has 3 rings (SSSR count). The lowest BCUT2D eigenvalue weighted by Crippen LogP contribution is -2.33. The van der Waals surface area contributed by atoms with Gasteiger partial charge < -0.3 is 10.1 Å². The van der Waals surface area contributed by atoms with Crippen molar-refractivity contribution in [1.82, 2.24) is 4.98 Å². The highest BCUT2D eigenvalue weighted by Crippen LogP contribution is 2.21. The maximum absolute atomic E-state index is 13.2. The van der Waals surface area contributed by atoms with E-state index in [1.165, 1.54) is 19.2 Å². The topological polar surface area (TPSA) is 68.3 Å². The van der Waals surface area contributed by atoms with E-state index in [9.17, 15) is 12.8 Å². The molecule has 112 valence electrons. The zero-order chi connectivity index (χ0) is 15.0. The van der Waals surface area contributed by atoms with Crippen molar-refractivity contribution < 1.29 is 17.5 Å². The van der Waals surface area contributed by atoms with Crippen molar-refractivity contribution in [1.29, 1.82) is 0 Å². The first-order valence-electron chi connectivity index (χ1n) is 6.53. The van der Waals surface area contributed by atoms with E-state index >= 15 is 0 Å². The third-order valence-electron chi connectivity index (χ3n) is 3.59. The number of methoxy groups -OCH3 is 1. The summed E-state index contributed by atoms with van der Waals surface area (Å²) in [6, 6.07) is 7.59. The van der Waals surface area contributed by atoms with E-state index < -0.39 is 15.9 Å². The van der Waals surface area contributed by atoms with Crippen LogP contribution in [-0.2, 0) is 14.6 Å². The van der Waals surface area contributed by atoms with Crippen LogP contribution in [-0.4, -0.2) is 44.2 Å². The lowest BCUT2D eigenvalue weighted by molar-refractivity contribution is 0.115. The summed E-state index contributed by atoms with van der Waals surface area (Å²) in [4.78, 5) is 4.31. The van der Waals surface area contributed by atoms with E-state index in [0.717, 1.165) is 5.39 Å². The summed E-state index contributed by atoms with van der Waals surface area (Å²) in [5.41, 5.74) is 0.523. The fourth-order valence-corrected chi connectivity index (χ4v) is 4.39. The first-order chi connectivity index (χ1) is 9.97. The van der Waals surface area contributed by atoms with E-state index in [2.05, 4.69) is 10.3 Å². The molecule has 0 radical (unpaired) electrons. The number of aromatic nitrogens is 1. The van der Waals surface area contributed by atoms with E-state index in [-0.39, 0.29) is 23.4 Å². The van der Waals surface area contributed by atoms with E-state index in [0.29, 0.717) is 11.3 Å². The number of nitrogens with one attached hydrogen (secondary N) is 1. The summed E-state index contributed by atoms with van der Waals surface area (Å²) >= 11 is 0. The summed E-state index contributed by atoms with van der Waals surface area (Å²) in [7, 11) is -1.61. The molecular formula is C14H15FN2O3S. The average Bonchev–Trinajstić information content (AvgIpc) is 2.72. The largest absolute Gasteiger partial charge is 0.378 e. The van der Waals surface area contributed by atoms with Crippen molar-refractivity contribution in [2.45, 2.75) is 12.1 Å². The van der Waals surface area contributed by atoms with Crippen LogP contribution in [0.1, 0.15) is 0 Å². The molecule has 2 aromatic rings. The Labute approximate surface area is 122 Å². The van der Waals surface area contributed by atoms with Crippen LogP contribution in [0.2, 0.25) is 0 Å². The number of ether oxygens (including phenoxy) is 1. The Morgan fingerprint density at radius 3 is 2.81 bits per heavy atom. The summed E-state index contributed by atoms with van der Waals surface area (Å²) in [5.74, 6) is 0.167. The SMILES string of the molecule is COC1CS(=O)(=O)CC1Nc1ccc2ccc(F)cc2n1. The number of nitrogens with zero attached hydrogens (tertiary/aromatic N) is 1. The molecule has 1 aromatic heterocycles. The number of benzene rings is 1. The highest BCUT2D eigenvalue weighted by Gasteiger charge is 2.37. The van der Waals surface area contributed by atoms with E-state index in [1.54, 1.807) is 12.1 Å². The van der Waals surface area contributed by atoms with Gasteiger partial charge in [-0.25, -0.2) is 17.8 Å². The van der Waals surface area contributed by atoms with Crippen LogP contribution in [0.15, 0.2) is 30.3 Å². The summed E-state index contributed by atoms with van der Waals surface area (Å²) < 4.78 is 41.8. The lowest BCUT2D eigenvalue weighted by Gasteiger charge is -2.18. The first-order valence-corrected chi connectivity index (χ1v) is 8.35. The van der Waals surface area contributed by atoms with Crippen molar-refractivity contribution in [3.63, 3.8) is 0 Å². The van der Waals surface area contributed by atoms with E-state index in [4.69, 9.17) is 4.74 Å². The molecule has 0 aliphatic carbocycles. The molecule has 0 bridgehead atoms. The molecule has 21 heavy (non-hydrogen) atoms. The smallest absolute Gasteiger partial charge is 0.155 e. The fourth-order valence-electron chi connectivity index (χ4n) is 2.54. The molecule has 0 spiro atoms. The maximum atomic E-state index is 13.2. The predicted octanol–water partition coefficient (Wildman–Crippen LogP) is 1.60. The Hall–Kier alpha value is -1.73. The highest BCUT2D eigenvalue weighted by atomic mass is 32.2. The predicted molar refractivity (Wildman–Crippen MR) is 78.6 cm³/mol. The molecule has 7 heteroatoms. The molecule has 0 amide bonds. The van der Waals surface area contributed by atoms with Crippen molar-refractivity contribution >= 4 is 26.6 Å². The lowest BCUT2D eigenvalue weighted by atomic mass is 10.2. The molecule has 1 fully saturated rings. The van der Waals surface area contributed by atoms with Crippen LogP contribution in [0, 0.1) is 5.82 Å². The van der Waals surface area contributed by atoms with Crippen LogP contribution in [0.25, 0.3) is 10.9 Å². The number of hydrogen-bond donors (Lipinski definition) is 1. The number of sulfone groups is 1. The van der Waals surface area contributed by atoms with Crippen LogP contribution in [0.3, 0.4) is 0 Å². The van der Waals surface area contributed by atoms with Gasteiger partial charge in [0.1, 0.15) is 11.6 Å². The van der Waals surface area contributed by atoms with Crippen molar-refractivity contribution in [3.8, 4) is 0 Å². The van der Waals surface area contributed by atoms with Gasteiger partial charge in [-0.15, -0.1) is 0 Å². The molecule has 2 unspecified atom stereocenters. The molecule has 2 heterocycles. The van der Waals surface area contributed by atoms with Gasteiger partial charge in [0.25, 0.3) is 0 Å². The second-order valence-electron chi connectivity index (χ2n) is 5.14. The Bertz CT molecular complexity index is 779. The number of halogens is 1. The number of rotatable bonds is 3. The monoisotopic (exact) mass is 310 g/mol. The molecular weight excluding hydrogens is 295 g/mol. The minimum atomic E-state index is -3.10. The van der Waals surface area contributed by atoms with Crippen LogP contribution >= 0.6 is 0 Å². The minimum absolute atomic E-state index is 0.00335. The van der Waals surface area contributed by atoms with Gasteiger partial charge in [-0.1, -0.05) is 0 Å². The molecule has 1 saturated heterocycles. The maximum Gasteiger partial charge on any atom is 0.155 e. The van der Waals surface area contributed by atoms with Gasteiger partial charge in [0, 0.05) is 18.6 Å². The Morgan fingerprint density at radius 1 is 1.29 bits per heavy atom.